The number of ether oxygens (including phenoxy) is 3. The number of aromatic nitrogens is 1. The molecule has 2 rings (SSSR count). The first-order chi connectivity index (χ1) is 13.0. The maximum absolute atomic E-state index is 12.3. The lowest BCUT2D eigenvalue weighted by Gasteiger charge is -2.03. The molecule has 8 nitrogen and oxygen atoms in total. The molecule has 0 fully saturated rings. The monoisotopic (exact) mass is 373 g/mol. The van der Waals surface area contributed by atoms with E-state index in [-0.39, 0.29) is 36.7 Å². The molecule has 0 unspecified atom stereocenters. The van der Waals surface area contributed by atoms with Crippen molar-refractivity contribution in [1.29, 1.82) is 0 Å². The van der Waals surface area contributed by atoms with Gasteiger partial charge in [0.05, 0.1) is 18.7 Å². The SMILES string of the molecule is CCOC(=O)/C=C/COc1cc2c(=O)cc(C(=O)OCC)[nH]c2ccc1=O. The van der Waals surface area contributed by atoms with E-state index in [1.165, 1.54) is 30.4 Å². The van der Waals surface area contributed by atoms with Crippen LogP contribution in [-0.2, 0) is 14.3 Å². The lowest BCUT2D eigenvalue weighted by atomic mass is 10.2. The number of esters is 2. The third-order valence-corrected chi connectivity index (χ3v) is 3.39. The summed E-state index contributed by atoms with van der Waals surface area (Å²) in [5.41, 5.74) is -0.636. The maximum atomic E-state index is 12.3. The van der Waals surface area contributed by atoms with Crippen LogP contribution in [0.4, 0.5) is 0 Å². The molecular formula is C19H19NO7. The molecule has 0 aliphatic heterocycles. The summed E-state index contributed by atoms with van der Waals surface area (Å²) in [6.07, 6.45) is 2.59. The van der Waals surface area contributed by atoms with Crippen LogP contribution in [-0.4, -0.2) is 36.7 Å². The topological polar surface area (TPSA) is 112 Å². The van der Waals surface area contributed by atoms with Crippen molar-refractivity contribution < 1.29 is 23.8 Å². The van der Waals surface area contributed by atoms with Crippen LogP contribution in [0.1, 0.15) is 24.3 Å². The molecule has 1 aromatic carbocycles. The number of hydrogen-bond acceptors (Lipinski definition) is 7. The van der Waals surface area contributed by atoms with Gasteiger partial charge < -0.3 is 19.2 Å². The standard InChI is InChI=1S/C19H19NO7/c1-3-25-18(23)6-5-9-27-17-10-12-13(7-8-15(17)21)20-14(11-16(12)22)19(24)26-4-2/h5-8,10-11H,3-4,9H2,1-2H3,(H,20,22)/b6-5+. The molecule has 0 atom stereocenters. The van der Waals surface area contributed by atoms with Gasteiger partial charge in [0.1, 0.15) is 12.3 Å². The van der Waals surface area contributed by atoms with Gasteiger partial charge in [-0.2, -0.15) is 0 Å². The van der Waals surface area contributed by atoms with Crippen molar-refractivity contribution in [2.45, 2.75) is 13.8 Å². The van der Waals surface area contributed by atoms with E-state index < -0.39 is 22.8 Å². The summed E-state index contributed by atoms with van der Waals surface area (Å²) < 4.78 is 14.9. The highest BCUT2D eigenvalue weighted by atomic mass is 16.5. The number of hydrogen-bond donors (Lipinski definition) is 1. The van der Waals surface area contributed by atoms with Crippen LogP contribution >= 0.6 is 0 Å². The molecular weight excluding hydrogens is 354 g/mol. The van der Waals surface area contributed by atoms with Crippen molar-refractivity contribution in [1.82, 2.24) is 4.98 Å². The zero-order chi connectivity index (χ0) is 19.8. The van der Waals surface area contributed by atoms with Crippen LogP contribution in [0.2, 0.25) is 0 Å². The molecule has 0 radical (unpaired) electrons. The summed E-state index contributed by atoms with van der Waals surface area (Å²) in [7, 11) is 0. The van der Waals surface area contributed by atoms with Crippen molar-refractivity contribution in [3.05, 3.63) is 62.6 Å². The average Bonchev–Trinajstić information content (AvgIpc) is 2.79. The molecule has 0 spiro atoms. The molecule has 0 saturated heterocycles. The Labute approximate surface area is 154 Å². The first-order valence-electron chi connectivity index (χ1n) is 8.30. The number of fused-ring (bicyclic) bond motifs is 1. The number of pyridine rings is 1. The Bertz CT molecular complexity index is 991. The molecule has 0 saturated carbocycles. The summed E-state index contributed by atoms with van der Waals surface area (Å²) in [6, 6.07) is 5.01. The minimum absolute atomic E-state index is 0.00663. The van der Waals surface area contributed by atoms with E-state index in [4.69, 9.17) is 14.2 Å². The quantitative estimate of drug-likeness (QED) is 0.579. The van der Waals surface area contributed by atoms with Gasteiger partial charge in [-0.15, -0.1) is 0 Å². The largest absolute Gasteiger partial charge is 0.485 e. The summed E-state index contributed by atoms with van der Waals surface area (Å²) in [4.78, 5) is 50.3. The first kappa shape index (κ1) is 19.9. The minimum Gasteiger partial charge on any atom is -0.485 e. The van der Waals surface area contributed by atoms with Crippen LogP contribution in [0.25, 0.3) is 10.9 Å². The third-order valence-electron chi connectivity index (χ3n) is 3.39. The normalized spacial score (nSPS) is 10.7. The lowest BCUT2D eigenvalue weighted by molar-refractivity contribution is -0.137. The highest BCUT2D eigenvalue weighted by Gasteiger charge is 2.11. The Morgan fingerprint density at radius 2 is 1.78 bits per heavy atom. The van der Waals surface area contributed by atoms with E-state index >= 15 is 0 Å². The molecule has 27 heavy (non-hydrogen) atoms. The number of H-pyrrole nitrogens is 1. The summed E-state index contributed by atoms with van der Waals surface area (Å²) in [5, 5.41) is 0.175. The molecule has 0 aliphatic rings. The zero-order valence-electron chi connectivity index (χ0n) is 14.9. The molecule has 142 valence electrons. The van der Waals surface area contributed by atoms with E-state index in [9.17, 15) is 19.2 Å². The van der Waals surface area contributed by atoms with Crippen molar-refractivity contribution >= 4 is 22.8 Å². The minimum atomic E-state index is -0.661. The van der Waals surface area contributed by atoms with Crippen LogP contribution < -0.4 is 15.6 Å². The van der Waals surface area contributed by atoms with E-state index in [1.807, 2.05) is 0 Å². The number of nitrogens with one attached hydrogen (secondary N) is 1. The number of rotatable bonds is 7. The fourth-order valence-corrected chi connectivity index (χ4v) is 2.22. The molecule has 8 heteroatoms. The summed E-state index contributed by atoms with van der Waals surface area (Å²) in [6.45, 7) is 3.71. The third kappa shape index (κ3) is 5.27. The van der Waals surface area contributed by atoms with Crippen LogP contribution in [0.3, 0.4) is 0 Å². The van der Waals surface area contributed by atoms with Crippen molar-refractivity contribution in [2.75, 3.05) is 19.8 Å². The van der Waals surface area contributed by atoms with Crippen LogP contribution in [0.15, 0.2) is 46.0 Å². The number of carbonyl (C=O) groups is 2. The Morgan fingerprint density at radius 1 is 1.04 bits per heavy atom. The predicted molar refractivity (Wildman–Crippen MR) is 98.1 cm³/mol. The first-order valence-corrected chi connectivity index (χ1v) is 8.30. The van der Waals surface area contributed by atoms with Gasteiger partial charge >= 0.3 is 11.9 Å². The van der Waals surface area contributed by atoms with Gasteiger partial charge in [-0.1, -0.05) is 0 Å². The van der Waals surface area contributed by atoms with E-state index in [0.29, 0.717) is 5.52 Å². The second-order valence-electron chi connectivity index (χ2n) is 5.27. The fourth-order valence-electron chi connectivity index (χ4n) is 2.22. The van der Waals surface area contributed by atoms with Gasteiger partial charge in [-0.3, -0.25) is 9.59 Å². The second kappa shape index (κ2) is 9.33. The number of carbonyl (C=O) groups excluding carboxylic acids is 2. The highest BCUT2D eigenvalue weighted by Crippen LogP contribution is 2.12. The fraction of sp³-hybridized carbons (Fsp3) is 0.263. The predicted octanol–water partition coefficient (Wildman–Crippen LogP) is 1.56. The maximum Gasteiger partial charge on any atom is 0.354 e. The van der Waals surface area contributed by atoms with Crippen molar-refractivity contribution in [3.8, 4) is 5.75 Å². The molecule has 1 aromatic heterocycles. The highest BCUT2D eigenvalue weighted by molar-refractivity contribution is 5.91. The zero-order valence-corrected chi connectivity index (χ0v) is 14.9. The van der Waals surface area contributed by atoms with E-state index in [0.717, 1.165) is 6.07 Å². The van der Waals surface area contributed by atoms with Crippen molar-refractivity contribution in [3.63, 3.8) is 0 Å². The smallest absolute Gasteiger partial charge is 0.354 e. The Balaban J connectivity index is 2.33. The molecule has 1 heterocycles. The molecule has 0 bridgehead atoms. The Morgan fingerprint density at radius 3 is 2.48 bits per heavy atom. The van der Waals surface area contributed by atoms with Gasteiger partial charge in [0.2, 0.25) is 5.43 Å². The average molecular weight is 373 g/mol. The van der Waals surface area contributed by atoms with Gasteiger partial charge in [-0.05, 0) is 38.1 Å². The molecule has 2 aromatic rings. The van der Waals surface area contributed by atoms with Crippen LogP contribution in [0, 0.1) is 0 Å². The number of aromatic amines is 1. The molecule has 0 amide bonds. The lowest BCUT2D eigenvalue weighted by Crippen LogP contribution is -2.12. The van der Waals surface area contributed by atoms with Crippen molar-refractivity contribution in [2.24, 2.45) is 0 Å². The Kier molecular flexibility index (Phi) is 6.87. The van der Waals surface area contributed by atoms with Gasteiger partial charge in [0.25, 0.3) is 0 Å². The molecule has 0 aliphatic carbocycles. The van der Waals surface area contributed by atoms with Crippen LogP contribution in [0.5, 0.6) is 5.75 Å². The molecule has 1 N–H and O–H groups in total. The summed E-state index contributed by atoms with van der Waals surface area (Å²) >= 11 is 0. The van der Waals surface area contributed by atoms with E-state index in [1.54, 1.807) is 13.8 Å². The Hall–Kier alpha value is -3.42. The van der Waals surface area contributed by atoms with Gasteiger partial charge in [0.15, 0.2) is 11.2 Å². The van der Waals surface area contributed by atoms with Gasteiger partial charge in [-0.25, -0.2) is 9.59 Å². The van der Waals surface area contributed by atoms with Gasteiger partial charge in [0, 0.05) is 17.5 Å². The summed E-state index contributed by atoms with van der Waals surface area (Å²) in [5.74, 6) is -1.24. The second-order valence-corrected chi connectivity index (χ2v) is 5.27. The van der Waals surface area contributed by atoms with E-state index in [2.05, 4.69) is 4.98 Å².